The topological polar surface area (TPSA) is 32.3 Å². The van der Waals surface area contributed by atoms with Crippen molar-refractivity contribution >= 4 is 17.7 Å². The van der Waals surface area contributed by atoms with E-state index >= 15 is 0 Å². The molecule has 1 rings (SSSR count). The monoisotopic (exact) mass is 174 g/mol. The van der Waals surface area contributed by atoms with Crippen molar-refractivity contribution in [1.29, 1.82) is 0 Å². The second-order valence-corrected chi connectivity index (χ2v) is 3.62. The number of carbonyl (C=O) groups is 1. The molecule has 0 aromatic rings. The lowest BCUT2D eigenvalue weighted by Gasteiger charge is -2.19. The Kier molecular flexibility index (Phi) is 3.20. The van der Waals surface area contributed by atoms with Gasteiger partial charge in [0.25, 0.3) is 0 Å². The van der Waals surface area contributed by atoms with E-state index in [0.29, 0.717) is 6.54 Å². The highest BCUT2D eigenvalue weighted by molar-refractivity contribution is 7.98. The summed E-state index contributed by atoms with van der Waals surface area (Å²) in [6.45, 7) is 3.40. The summed E-state index contributed by atoms with van der Waals surface area (Å²) in [5.41, 5.74) is 0. The number of amides is 1. The van der Waals surface area contributed by atoms with E-state index in [4.69, 9.17) is 0 Å². The maximum Gasteiger partial charge on any atom is 0.237 e. The Labute approximate surface area is 71.5 Å². The first-order valence-corrected chi connectivity index (χ1v) is 5.17. The fourth-order valence-corrected chi connectivity index (χ4v) is 1.55. The van der Waals surface area contributed by atoms with Crippen LogP contribution >= 0.6 is 11.8 Å². The normalized spacial score (nSPS) is 24.7. The van der Waals surface area contributed by atoms with Crippen LogP contribution in [0.1, 0.15) is 6.92 Å². The lowest BCUT2D eigenvalue weighted by molar-refractivity contribution is -0.127. The third kappa shape index (κ3) is 2.10. The Morgan fingerprint density at radius 2 is 2.55 bits per heavy atom. The van der Waals surface area contributed by atoms with Crippen LogP contribution in [0, 0.1) is 0 Å². The molecule has 1 unspecified atom stereocenters. The van der Waals surface area contributed by atoms with Crippen molar-refractivity contribution < 1.29 is 4.79 Å². The molecule has 64 valence electrons. The third-order valence-corrected chi connectivity index (χ3v) is 2.46. The van der Waals surface area contributed by atoms with Crippen LogP contribution in [0.4, 0.5) is 0 Å². The number of hydrogen-bond donors (Lipinski definition) is 1. The van der Waals surface area contributed by atoms with Crippen LogP contribution in [0.5, 0.6) is 0 Å². The summed E-state index contributed by atoms with van der Waals surface area (Å²) in [5, 5.41) is 3.10. The van der Waals surface area contributed by atoms with Gasteiger partial charge in [0.2, 0.25) is 5.91 Å². The molecule has 0 aliphatic carbocycles. The van der Waals surface area contributed by atoms with Gasteiger partial charge in [-0.25, -0.2) is 0 Å². The standard InChI is InChI=1S/C7H14N2OS/c1-6-8-5-7(10)9(6)3-4-11-2/h6,8H,3-5H2,1-2H3. The van der Waals surface area contributed by atoms with Gasteiger partial charge in [-0.1, -0.05) is 0 Å². The van der Waals surface area contributed by atoms with Gasteiger partial charge in [0.05, 0.1) is 12.7 Å². The molecule has 1 amide bonds. The highest BCUT2D eigenvalue weighted by Crippen LogP contribution is 2.05. The Bertz CT molecular complexity index is 151. The van der Waals surface area contributed by atoms with Crippen molar-refractivity contribution in [3.05, 3.63) is 0 Å². The molecule has 0 radical (unpaired) electrons. The zero-order valence-corrected chi connectivity index (χ0v) is 7.78. The van der Waals surface area contributed by atoms with Crippen LogP contribution in [0.25, 0.3) is 0 Å². The predicted octanol–water partition coefficient (Wildman–Crippen LogP) is 0.127. The van der Waals surface area contributed by atoms with Crippen molar-refractivity contribution in [3.8, 4) is 0 Å². The lowest BCUT2D eigenvalue weighted by atomic mass is 10.5. The zero-order chi connectivity index (χ0) is 8.27. The largest absolute Gasteiger partial charge is 0.326 e. The molecule has 3 nitrogen and oxygen atoms in total. The Morgan fingerprint density at radius 1 is 1.82 bits per heavy atom. The van der Waals surface area contributed by atoms with Gasteiger partial charge < -0.3 is 4.90 Å². The Balaban J connectivity index is 2.35. The first-order chi connectivity index (χ1) is 5.25. The van der Waals surface area contributed by atoms with Gasteiger partial charge in [0.15, 0.2) is 0 Å². The van der Waals surface area contributed by atoms with Crippen molar-refractivity contribution in [2.75, 3.05) is 25.1 Å². The third-order valence-electron chi connectivity index (χ3n) is 1.87. The van der Waals surface area contributed by atoms with Crippen LogP contribution in [-0.2, 0) is 4.79 Å². The summed E-state index contributed by atoms with van der Waals surface area (Å²) in [5.74, 6) is 1.25. The van der Waals surface area contributed by atoms with Crippen LogP contribution in [0.2, 0.25) is 0 Å². The van der Waals surface area contributed by atoms with Gasteiger partial charge >= 0.3 is 0 Å². The van der Waals surface area contributed by atoms with E-state index in [0.717, 1.165) is 12.3 Å². The molecule has 0 spiro atoms. The van der Waals surface area contributed by atoms with Crippen molar-refractivity contribution in [3.63, 3.8) is 0 Å². The molecule has 11 heavy (non-hydrogen) atoms. The Hall–Kier alpha value is -0.220. The van der Waals surface area contributed by atoms with Crippen molar-refractivity contribution in [2.24, 2.45) is 0 Å². The number of hydrogen-bond acceptors (Lipinski definition) is 3. The molecule has 1 atom stereocenters. The van der Waals surface area contributed by atoms with Gasteiger partial charge in [-0.2, -0.15) is 11.8 Å². The summed E-state index contributed by atoms with van der Waals surface area (Å²) in [6.07, 6.45) is 2.29. The molecule has 0 aromatic carbocycles. The lowest BCUT2D eigenvalue weighted by Crippen LogP contribution is -2.36. The predicted molar refractivity (Wildman–Crippen MR) is 47.6 cm³/mol. The summed E-state index contributed by atoms with van der Waals surface area (Å²) in [6, 6.07) is 0. The minimum atomic E-state index is 0.228. The summed E-state index contributed by atoms with van der Waals surface area (Å²) in [4.78, 5) is 13.0. The molecular weight excluding hydrogens is 160 g/mol. The van der Waals surface area contributed by atoms with Crippen molar-refractivity contribution in [2.45, 2.75) is 13.1 Å². The minimum absolute atomic E-state index is 0.228. The molecule has 0 bridgehead atoms. The maximum atomic E-state index is 11.1. The molecule has 1 saturated heterocycles. The SMILES string of the molecule is CSCCN1C(=O)CNC1C. The smallest absolute Gasteiger partial charge is 0.237 e. The number of rotatable bonds is 3. The highest BCUT2D eigenvalue weighted by atomic mass is 32.2. The molecule has 1 aliphatic rings. The fraction of sp³-hybridized carbons (Fsp3) is 0.857. The molecule has 1 aliphatic heterocycles. The summed E-state index contributed by atoms with van der Waals surface area (Å²) in [7, 11) is 0. The molecule has 1 N–H and O–H groups in total. The number of nitrogens with one attached hydrogen (secondary N) is 1. The summed E-state index contributed by atoms with van der Waals surface area (Å²) < 4.78 is 0. The fourth-order valence-electron chi connectivity index (χ4n) is 1.17. The van der Waals surface area contributed by atoms with Gasteiger partial charge in [-0.05, 0) is 13.2 Å². The van der Waals surface area contributed by atoms with E-state index in [9.17, 15) is 4.79 Å². The van der Waals surface area contributed by atoms with Gasteiger partial charge in [0.1, 0.15) is 0 Å². The molecule has 4 heteroatoms. The molecule has 1 fully saturated rings. The average molecular weight is 174 g/mol. The first-order valence-electron chi connectivity index (χ1n) is 3.77. The second-order valence-electron chi connectivity index (χ2n) is 2.64. The van der Waals surface area contributed by atoms with E-state index in [-0.39, 0.29) is 12.1 Å². The van der Waals surface area contributed by atoms with Crippen LogP contribution in [-0.4, -0.2) is 42.1 Å². The second kappa shape index (κ2) is 3.97. The molecular formula is C7H14N2OS. The molecule has 1 heterocycles. The number of carbonyl (C=O) groups excluding carboxylic acids is 1. The van der Waals surface area contributed by atoms with Gasteiger partial charge in [-0.3, -0.25) is 10.1 Å². The molecule has 0 aromatic heterocycles. The quantitative estimate of drug-likeness (QED) is 0.660. The first kappa shape index (κ1) is 8.87. The zero-order valence-electron chi connectivity index (χ0n) is 6.96. The number of thioether (sulfide) groups is 1. The van der Waals surface area contributed by atoms with E-state index in [2.05, 4.69) is 11.6 Å². The van der Waals surface area contributed by atoms with E-state index in [1.165, 1.54) is 0 Å². The maximum absolute atomic E-state index is 11.1. The number of nitrogens with zero attached hydrogens (tertiary/aromatic N) is 1. The van der Waals surface area contributed by atoms with E-state index in [1.807, 2.05) is 11.8 Å². The van der Waals surface area contributed by atoms with Crippen LogP contribution < -0.4 is 5.32 Å². The van der Waals surface area contributed by atoms with Crippen LogP contribution in [0.3, 0.4) is 0 Å². The van der Waals surface area contributed by atoms with Crippen LogP contribution in [0.15, 0.2) is 0 Å². The molecule has 0 saturated carbocycles. The summed E-state index contributed by atoms with van der Waals surface area (Å²) >= 11 is 1.77. The van der Waals surface area contributed by atoms with E-state index < -0.39 is 0 Å². The highest BCUT2D eigenvalue weighted by Gasteiger charge is 2.25. The average Bonchev–Trinajstić information content (AvgIpc) is 2.29. The van der Waals surface area contributed by atoms with Crippen molar-refractivity contribution in [1.82, 2.24) is 10.2 Å². The van der Waals surface area contributed by atoms with E-state index in [1.54, 1.807) is 11.8 Å². The van der Waals surface area contributed by atoms with Gasteiger partial charge in [-0.15, -0.1) is 0 Å². The van der Waals surface area contributed by atoms with Gasteiger partial charge in [0, 0.05) is 12.3 Å². The Morgan fingerprint density at radius 3 is 3.00 bits per heavy atom. The minimum Gasteiger partial charge on any atom is -0.326 e.